The van der Waals surface area contributed by atoms with E-state index in [1.165, 1.54) is 0 Å². The quantitative estimate of drug-likeness (QED) is 0.757. The molecule has 1 aliphatic carbocycles. The van der Waals surface area contributed by atoms with Crippen LogP contribution in [-0.2, 0) is 16.1 Å². The zero-order chi connectivity index (χ0) is 14.8. The summed E-state index contributed by atoms with van der Waals surface area (Å²) >= 11 is 0. The summed E-state index contributed by atoms with van der Waals surface area (Å²) in [7, 11) is 0. The van der Waals surface area contributed by atoms with Crippen molar-refractivity contribution in [3.05, 3.63) is 24.2 Å². The average molecular weight is 291 g/mol. The Morgan fingerprint density at radius 2 is 2.19 bits per heavy atom. The number of carbonyl (C=O) groups excluding carboxylic acids is 3. The minimum absolute atomic E-state index is 0.0113. The van der Waals surface area contributed by atoms with Crippen molar-refractivity contribution < 1.29 is 18.8 Å². The molecule has 0 aromatic carbocycles. The fraction of sp³-hybridized carbons (Fsp3) is 0.500. The number of nitrogens with zero attached hydrogens (tertiary/aromatic N) is 1. The first-order valence-electron chi connectivity index (χ1n) is 7.06. The summed E-state index contributed by atoms with van der Waals surface area (Å²) in [6.45, 7) is 0.458. The number of furan rings is 1. The van der Waals surface area contributed by atoms with Gasteiger partial charge in [-0.1, -0.05) is 0 Å². The van der Waals surface area contributed by atoms with E-state index in [1.54, 1.807) is 17.2 Å². The van der Waals surface area contributed by atoms with Crippen LogP contribution >= 0.6 is 0 Å². The second-order valence-corrected chi connectivity index (χ2v) is 5.39. The molecule has 2 fully saturated rings. The zero-order valence-corrected chi connectivity index (χ0v) is 11.5. The molecule has 1 aliphatic heterocycles. The standard InChI is InChI=1S/C14H17N3O4/c18-12(6-5-11-13(19)16-14(20)15-11)17(9-3-4-9)8-10-2-1-7-21-10/h1-2,7,9,11H,3-6,8H2,(H2,15,16,19,20)/t11-/m0/s1. The van der Waals surface area contributed by atoms with Crippen LogP contribution in [0, 0.1) is 0 Å². The Hall–Kier alpha value is -2.31. The van der Waals surface area contributed by atoms with E-state index < -0.39 is 12.1 Å². The van der Waals surface area contributed by atoms with Crippen LogP contribution in [0.2, 0.25) is 0 Å². The molecule has 4 amide bonds. The lowest BCUT2D eigenvalue weighted by molar-refractivity contribution is -0.133. The number of nitrogens with one attached hydrogen (secondary N) is 2. The van der Waals surface area contributed by atoms with Crippen LogP contribution < -0.4 is 10.6 Å². The molecule has 1 saturated carbocycles. The Morgan fingerprint density at radius 3 is 2.76 bits per heavy atom. The Morgan fingerprint density at radius 1 is 1.38 bits per heavy atom. The second kappa shape index (κ2) is 5.59. The summed E-state index contributed by atoms with van der Waals surface area (Å²) in [5, 5.41) is 4.66. The lowest BCUT2D eigenvalue weighted by atomic mass is 10.1. The van der Waals surface area contributed by atoms with Crippen LogP contribution in [0.3, 0.4) is 0 Å². The molecule has 0 spiro atoms. The second-order valence-electron chi connectivity index (χ2n) is 5.39. The number of urea groups is 1. The van der Waals surface area contributed by atoms with Crippen LogP contribution in [0.25, 0.3) is 0 Å². The summed E-state index contributed by atoms with van der Waals surface area (Å²) in [6.07, 6.45) is 4.15. The van der Waals surface area contributed by atoms with Crippen molar-refractivity contribution in [2.75, 3.05) is 0 Å². The molecule has 1 aromatic rings. The molecule has 1 atom stereocenters. The van der Waals surface area contributed by atoms with Gasteiger partial charge in [-0.2, -0.15) is 0 Å². The Kier molecular flexibility index (Phi) is 3.64. The van der Waals surface area contributed by atoms with Crippen molar-refractivity contribution in [2.24, 2.45) is 0 Å². The van der Waals surface area contributed by atoms with Crippen molar-refractivity contribution in [1.29, 1.82) is 0 Å². The molecule has 3 rings (SSSR count). The molecule has 0 radical (unpaired) electrons. The lowest BCUT2D eigenvalue weighted by Gasteiger charge is -2.21. The summed E-state index contributed by atoms with van der Waals surface area (Å²) in [5.41, 5.74) is 0. The third-order valence-electron chi connectivity index (χ3n) is 3.72. The summed E-state index contributed by atoms with van der Waals surface area (Å²) < 4.78 is 5.29. The van der Waals surface area contributed by atoms with Crippen LogP contribution in [0.1, 0.15) is 31.4 Å². The molecule has 0 bridgehead atoms. The summed E-state index contributed by atoms with van der Waals surface area (Å²) in [6, 6.07) is 2.81. The lowest BCUT2D eigenvalue weighted by Crippen LogP contribution is -2.35. The molecule has 1 aromatic heterocycles. The average Bonchev–Trinajstić information content (AvgIpc) is 3.06. The number of carbonyl (C=O) groups is 3. The monoisotopic (exact) mass is 291 g/mol. The molecule has 112 valence electrons. The first-order chi connectivity index (χ1) is 10.1. The van der Waals surface area contributed by atoms with Gasteiger partial charge in [0.25, 0.3) is 5.91 Å². The van der Waals surface area contributed by atoms with Crippen molar-refractivity contribution in [2.45, 2.75) is 44.3 Å². The maximum Gasteiger partial charge on any atom is 0.322 e. The number of hydrogen-bond donors (Lipinski definition) is 2. The van der Waals surface area contributed by atoms with Gasteiger partial charge in [-0.15, -0.1) is 0 Å². The van der Waals surface area contributed by atoms with Gasteiger partial charge in [0.05, 0.1) is 12.8 Å². The number of imide groups is 1. The maximum atomic E-state index is 12.3. The predicted molar refractivity (Wildman–Crippen MR) is 72.0 cm³/mol. The van der Waals surface area contributed by atoms with Gasteiger partial charge in [-0.3, -0.25) is 14.9 Å². The topological polar surface area (TPSA) is 91.7 Å². The minimum atomic E-state index is -0.605. The van der Waals surface area contributed by atoms with E-state index in [2.05, 4.69) is 10.6 Å². The van der Waals surface area contributed by atoms with Crippen molar-refractivity contribution in [1.82, 2.24) is 15.5 Å². The Balaban J connectivity index is 1.55. The first-order valence-corrected chi connectivity index (χ1v) is 7.06. The molecule has 2 N–H and O–H groups in total. The smallest absolute Gasteiger partial charge is 0.322 e. The van der Waals surface area contributed by atoms with E-state index in [9.17, 15) is 14.4 Å². The van der Waals surface area contributed by atoms with Gasteiger partial charge in [0.15, 0.2) is 0 Å². The summed E-state index contributed by atoms with van der Waals surface area (Å²) in [5.74, 6) is 0.377. The number of amides is 4. The molecule has 2 aliphatic rings. The van der Waals surface area contributed by atoms with Gasteiger partial charge in [0, 0.05) is 12.5 Å². The molecule has 21 heavy (non-hydrogen) atoms. The highest BCUT2D eigenvalue weighted by Crippen LogP contribution is 2.29. The molecule has 0 unspecified atom stereocenters. The fourth-order valence-corrected chi connectivity index (χ4v) is 2.45. The highest BCUT2D eigenvalue weighted by molar-refractivity contribution is 6.04. The normalized spacial score (nSPS) is 21.0. The van der Waals surface area contributed by atoms with Gasteiger partial charge in [-0.05, 0) is 31.4 Å². The molecule has 1 saturated heterocycles. The van der Waals surface area contributed by atoms with Crippen molar-refractivity contribution >= 4 is 17.8 Å². The predicted octanol–water partition coefficient (Wildman–Crippen LogP) is 0.759. The van der Waals surface area contributed by atoms with Crippen LogP contribution in [0.15, 0.2) is 22.8 Å². The maximum absolute atomic E-state index is 12.3. The largest absolute Gasteiger partial charge is 0.467 e. The van der Waals surface area contributed by atoms with E-state index in [-0.39, 0.29) is 24.3 Å². The van der Waals surface area contributed by atoms with Gasteiger partial charge in [0.2, 0.25) is 5.91 Å². The van der Waals surface area contributed by atoms with Gasteiger partial charge >= 0.3 is 6.03 Å². The third-order valence-corrected chi connectivity index (χ3v) is 3.72. The third kappa shape index (κ3) is 3.24. The van der Waals surface area contributed by atoms with E-state index in [1.807, 2.05) is 6.07 Å². The highest BCUT2D eigenvalue weighted by Gasteiger charge is 2.34. The van der Waals surface area contributed by atoms with E-state index >= 15 is 0 Å². The summed E-state index contributed by atoms with van der Waals surface area (Å²) in [4.78, 5) is 36.6. The van der Waals surface area contributed by atoms with E-state index in [4.69, 9.17) is 4.42 Å². The fourth-order valence-electron chi connectivity index (χ4n) is 2.45. The minimum Gasteiger partial charge on any atom is -0.467 e. The van der Waals surface area contributed by atoms with E-state index in [0.29, 0.717) is 13.0 Å². The molecular weight excluding hydrogens is 274 g/mol. The Labute approximate surface area is 121 Å². The molecule has 2 heterocycles. The number of hydrogen-bond acceptors (Lipinski definition) is 4. The van der Waals surface area contributed by atoms with Crippen LogP contribution in [0.5, 0.6) is 0 Å². The Bertz CT molecular complexity index is 551. The van der Waals surface area contributed by atoms with Gasteiger partial charge in [-0.25, -0.2) is 4.79 Å². The molecule has 7 heteroatoms. The molecular formula is C14H17N3O4. The highest BCUT2D eigenvalue weighted by atomic mass is 16.3. The van der Waals surface area contributed by atoms with Crippen molar-refractivity contribution in [3.8, 4) is 0 Å². The van der Waals surface area contributed by atoms with Gasteiger partial charge < -0.3 is 14.6 Å². The van der Waals surface area contributed by atoms with Crippen LogP contribution in [-0.4, -0.2) is 34.8 Å². The molecule has 7 nitrogen and oxygen atoms in total. The van der Waals surface area contributed by atoms with Crippen LogP contribution in [0.4, 0.5) is 4.79 Å². The SMILES string of the molecule is O=C1NC(=O)[C@H](CCC(=O)N(Cc2ccco2)C2CC2)N1. The zero-order valence-electron chi connectivity index (χ0n) is 11.5. The van der Waals surface area contributed by atoms with E-state index in [0.717, 1.165) is 18.6 Å². The number of rotatable bonds is 6. The first kappa shape index (κ1) is 13.7. The van der Waals surface area contributed by atoms with Gasteiger partial charge in [0.1, 0.15) is 11.8 Å². The van der Waals surface area contributed by atoms with Crippen molar-refractivity contribution in [3.63, 3.8) is 0 Å².